The van der Waals surface area contributed by atoms with E-state index in [1.165, 1.54) is 0 Å². The van der Waals surface area contributed by atoms with Crippen LogP contribution in [0.5, 0.6) is 0 Å². The van der Waals surface area contributed by atoms with Crippen LogP contribution in [0.4, 0.5) is 13.2 Å². The predicted octanol–water partition coefficient (Wildman–Crippen LogP) is 3.20. The summed E-state index contributed by atoms with van der Waals surface area (Å²) >= 11 is 0. The number of benzene rings is 1. The van der Waals surface area contributed by atoms with Crippen molar-refractivity contribution < 1.29 is 22.8 Å². The van der Waals surface area contributed by atoms with Gasteiger partial charge >= 0.3 is 6.18 Å². The number of likely N-dealkylation sites (tertiary alicyclic amines) is 1. The zero-order valence-corrected chi connectivity index (χ0v) is 17.2. The summed E-state index contributed by atoms with van der Waals surface area (Å²) in [4.78, 5) is 30.7. The highest BCUT2D eigenvalue weighted by Gasteiger charge is 2.50. The molecule has 4 rings (SSSR count). The zero-order chi connectivity index (χ0) is 22.6. The van der Waals surface area contributed by atoms with Gasteiger partial charge in [0, 0.05) is 24.8 Å². The Labute approximate surface area is 177 Å². The highest BCUT2D eigenvalue weighted by atomic mass is 19.4. The van der Waals surface area contributed by atoms with E-state index in [1.807, 2.05) is 0 Å². The van der Waals surface area contributed by atoms with Crippen molar-refractivity contribution in [3.8, 4) is 11.1 Å². The minimum Gasteiger partial charge on any atom is -0.366 e. The van der Waals surface area contributed by atoms with E-state index in [0.29, 0.717) is 42.8 Å². The second-order valence-electron chi connectivity index (χ2n) is 8.34. The molecule has 0 aliphatic carbocycles. The first-order chi connectivity index (χ1) is 14.5. The Kier molecular flexibility index (Phi) is 5.04. The Balaban J connectivity index is 1.74. The van der Waals surface area contributed by atoms with E-state index in [0.717, 1.165) is 18.2 Å². The van der Waals surface area contributed by atoms with Gasteiger partial charge in [0.1, 0.15) is 5.54 Å². The van der Waals surface area contributed by atoms with E-state index in [-0.39, 0.29) is 23.1 Å². The van der Waals surface area contributed by atoms with Crippen molar-refractivity contribution >= 4 is 11.8 Å². The summed E-state index contributed by atoms with van der Waals surface area (Å²) in [5.41, 5.74) is 5.72. The SMILES string of the molecule is Cc1cc(-c2cc(C(F)(F)F)ccc2C(N)=O)cc([C@H]2CC[C@@]3(CCN(C)C3=O)N2)n1. The Hall–Kier alpha value is -2.94. The monoisotopic (exact) mass is 432 g/mol. The molecule has 0 unspecified atom stereocenters. The minimum atomic E-state index is -4.55. The number of rotatable bonds is 3. The van der Waals surface area contributed by atoms with Crippen LogP contribution in [0.25, 0.3) is 11.1 Å². The Morgan fingerprint density at radius 3 is 2.61 bits per heavy atom. The number of primary amides is 1. The molecule has 2 fully saturated rings. The molecule has 2 atom stereocenters. The van der Waals surface area contributed by atoms with Crippen LogP contribution in [0.1, 0.15) is 52.6 Å². The third-order valence-corrected chi connectivity index (χ3v) is 6.19. The lowest BCUT2D eigenvalue weighted by Crippen LogP contribution is -2.47. The largest absolute Gasteiger partial charge is 0.416 e. The van der Waals surface area contributed by atoms with Crippen molar-refractivity contribution in [2.45, 2.75) is 43.9 Å². The smallest absolute Gasteiger partial charge is 0.366 e. The Morgan fingerprint density at radius 1 is 1.26 bits per heavy atom. The van der Waals surface area contributed by atoms with Crippen LogP contribution < -0.4 is 11.1 Å². The van der Waals surface area contributed by atoms with Crippen molar-refractivity contribution in [3.05, 3.63) is 52.8 Å². The number of carbonyl (C=O) groups excluding carboxylic acids is 2. The lowest BCUT2D eigenvalue weighted by molar-refractivity contribution is -0.137. The maximum Gasteiger partial charge on any atom is 0.416 e. The van der Waals surface area contributed by atoms with Crippen LogP contribution in [-0.2, 0) is 11.0 Å². The molecule has 2 saturated heterocycles. The van der Waals surface area contributed by atoms with Crippen molar-refractivity contribution in [1.29, 1.82) is 0 Å². The molecule has 2 aromatic rings. The first-order valence-electron chi connectivity index (χ1n) is 10.0. The maximum absolute atomic E-state index is 13.3. The number of halogens is 3. The third kappa shape index (κ3) is 3.78. The van der Waals surface area contributed by atoms with Gasteiger partial charge < -0.3 is 10.6 Å². The lowest BCUT2D eigenvalue weighted by Gasteiger charge is -2.23. The number of aromatic nitrogens is 1. The predicted molar refractivity (Wildman–Crippen MR) is 108 cm³/mol. The molecule has 2 aliphatic heterocycles. The topological polar surface area (TPSA) is 88.3 Å². The van der Waals surface area contributed by atoms with Gasteiger partial charge in [0.2, 0.25) is 11.8 Å². The van der Waals surface area contributed by atoms with Crippen molar-refractivity contribution in [2.24, 2.45) is 5.73 Å². The molecule has 1 spiro atoms. The molecule has 0 radical (unpaired) electrons. The summed E-state index contributed by atoms with van der Waals surface area (Å²) < 4.78 is 39.9. The van der Waals surface area contributed by atoms with E-state index in [4.69, 9.17) is 5.73 Å². The second kappa shape index (κ2) is 7.33. The van der Waals surface area contributed by atoms with Gasteiger partial charge in [-0.2, -0.15) is 13.2 Å². The molecule has 164 valence electrons. The quantitative estimate of drug-likeness (QED) is 0.780. The molecule has 2 aliphatic rings. The highest BCUT2D eigenvalue weighted by Crippen LogP contribution is 2.40. The first kappa shape index (κ1) is 21.3. The van der Waals surface area contributed by atoms with E-state index in [1.54, 1.807) is 31.0 Å². The summed E-state index contributed by atoms with van der Waals surface area (Å²) in [5, 5.41) is 3.42. The number of alkyl halides is 3. The number of amides is 2. The molecule has 31 heavy (non-hydrogen) atoms. The molecule has 9 heteroatoms. The summed E-state index contributed by atoms with van der Waals surface area (Å²) in [5.74, 6) is -0.756. The number of nitrogens with zero attached hydrogens (tertiary/aromatic N) is 2. The van der Waals surface area contributed by atoms with E-state index >= 15 is 0 Å². The van der Waals surface area contributed by atoms with Gasteiger partial charge in [-0.1, -0.05) is 0 Å². The fraction of sp³-hybridized carbons (Fsp3) is 0.409. The molecular weight excluding hydrogens is 409 g/mol. The number of aryl methyl sites for hydroxylation is 1. The van der Waals surface area contributed by atoms with Gasteiger partial charge in [0.15, 0.2) is 0 Å². The molecule has 3 N–H and O–H groups in total. The Morgan fingerprint density at radius 2 is 2.00 bits per heavy atom. The molecule has 6 nitrogen and oxygen atoms in total. The van der Waals surface area contributed by atoms with Crippen LogP contribution >= 0.6 is 0 Å². The first-order valence-corrected chi connectivity index (χ1v) is 10.0. The van der Waals surface area contributed by atoms with E-state index in [9.17, 15) is 22.8 Å². The molecule has 0 bridgehead atoms. The zero-order valence-electron chi connectivity index (χ0n) is 17.2. The van der Waals surface area contributed by atoms with Crippen LogP contribution in [-0.4, -0.2) is 40.8 Å². The summed E-state index contributed by atoms with van der Waals surface area (Å²) in [7, 11) is 1.77. The standard InChI is InChI=1S/C22H23F3N4O2/c1-12-9-13(16-11-14(22(23,24)25)3-4-15(16)19(26)30)10-18(27-12)17-5-6-21(28-17)7-8-29(2)20(21)31/h3-4,9-11,17,28H,5-8H2,1-2H3,(H2,26,30)/t17-,21+/m1/s1. The number of carbonyl (C=O) groups is 2. The number of hydrogen-bond donors (Lipinski definition) is 2. The van der Waals surface area contributed by atoms with Crippen molar-refractivity contribution in [3.63, 3.8) is 0 Å². The average Bonchev–Trinajstić information content (AvgIpc) is 3.26. The number of hydrogen-bond acceptors (Lipinski definition) is 4. The molecular formula is C22H23F3N4O2. The third-order valence-electron chi connectivity index (χ3n) is 6.19. The highest BCUT2D eigenvalue weighted by molar-refractivity contribution is 6.00. The van der Waals surface area contributed by atoms with Crippen LogP contribution in [0, 0.1) is 6.92 Å². The van der Waals surface area contributed by atoms with Gasteiger partial charge in [-0.25, -0.2) is 0 Å². The number of nitrogens with two attached hydrogens (primary N) is 1. The minimum absolute atomic E-state index is 0.00740. The molecule has 3 heterocycles. The maximum atomic E-state index is 13.3. The van der Waals surface area contributed by atoms with Crippen molar-refractivity contribution in [1.82, 2.24) is 15.2 Å². The lowest BCUT2D eigenvalue weighted by atomic mass is 9.95. The fourth-order valence-electron chi connectivity index (χ4n) is 4.59. The van der Waals surface area contributed by atoms with E-state index < -0.39 is 23.2 Å². The van der Waals surface area contributed by atoms with Gasteiger partial charge in [0.25, 0.3) is 0 Å². The summed E-state index contributed by atoms with van der Waals surface area (Å²) in [6, 6.07) is 5.99. The second-order valence-corrected chi connectivity index (χ2v) is 8.34. The van der Waals surface area contributed by atoms with E-state index in [2.05, 4.69) is 10.3 Å². The summed E-state index contributed by atoms with van der Waals surface area (Å²) in [6.45, 7) is 2.42. The number of pyridine rings is 1. The molecule has 1 aromatic carbocycles. The number of likely N-dealkylation sites (N-methyl/N-ethyl adjacent to an activating group) is 1. The molecule has 0 saturated carbocycles. The van der Waals surface area contributed by atoms with Crippen molar-refractivity contribution in [2.75, 3.05) is 13.6 Å². The fourth-order valence-corrected chi connectivity index (χ4v) is 4.59. The molecule has 1 aromatic heterocycles. The Bertz CT molecular complexity index is 1070. The molecule has 2 amide bonds. The van der Waals surface area contributed by atoms with Gasteiger partial charge in [-0.15, -0.1) is 0 Å². The normalized spacial score (nSPS) is 23.7. The average molecular weight is 432 g/mol. The van der Waals surface area contributed by atoms with Gasteiger partial charge in [0.05, 0.1) is 17.3 Å². The van der Waals surface area contributed by atoms with Gasteiger partial charge in [-0.3, -0.25) is 19.9 Å². The summed E-state index contributed by atoms with van der Waals surface area (Å²) in [6.07, 6.45) is -2.50. The van der Waals surface area contributed by atoms with Gasteiger partial charge in [-0.05, 0) is 67.6 Å². The number of nitrogens with one attached hydrogen (secondary N) is 1. The van der Waals surface area contributed by atoms with Crippen LogP contribution in [0.3, 0.4) is 0 Å². The van der Waals surface area contributed by atoms with Crippen LogP contribution in [0.2, 0.25) is 0 Å². The van der Waals surface area contributed by atoms with Crippen LogP contribution in [0.15, 0.2) is 30.3 Å².